The van der Waals surface area contributed by atoms with E-state index in [1.54, 1.807) is 36.0 Å². The van der Waals surface area contributed by atoms with Crippen molar-refractivity contribution in [3.05, 3.63) is 53.6 Å². The number of benzene rings is 2. The molecule has 0 saturated heterocycles. The van der Waals surface area contributed by atoms with Crippen molar-refractivity contribution in [2.75, 3.05) is 0 Å². The molecule has 2 aromatic rings. The first kappa shape index (κ1) is 15.2. The molecule has 0 aromatic heterocycles. The van der Waals surface area contributed by atoms with Gasteiger partial charge in [0.2, 0.25) is 0 Å². The zero-order chi connectivity index (χ0) is 15.9. The van der Waals surface area contributed by atoms with Gasteiger partial charge in [0, 0.05) is 10.1 Å². The van der Waals surface area contributed by atoms with Crippen LogP contribution in [-0.2, 0) is 12.1 Å². The van der Waals surface area contributed by atoms with Crippen molar-refractivity contribution in [3.8, 4) is 11.5 Å². The van der Waals surface area contributed by atoms with Crippen molar-refractivity contribution in [2.24, 2.45) is 17.2 Å². The van der Waals surface area contributed by atoms with Gasteiger partial charge in [-0.3, -0.25) is 0 Å². The van der Waals surface area contributed by atoms with Crippen LogP contribution in [0.1, 0.15) is 11.1 Å². The van der Waals surface area contributed by atoms with Crippen LogP contribution in [0.5, 0.6) is 11.5 Å². The number of thioether (sulfide) groups is 1. The average Bonchev–Trinajstić information content (AvgIpc) is 2.48. The molecule has 116 valence electrons. The molecule has 1 aliphatic carbocycles. The molecule has 0 radical (unpaired) electrons. The van der Waals surface area contributed by atoms with Crippen LogP contribution >= 0.6 is 11.8 Å². The minimum Gasteiger partial charge on any atom is -0.508 e. The highest BCUT2D eigenvalue weighted by Gasteiger charge is 2.42. The Bertz CT molecular complexity index is 688. The maximum Gasteiger partial charge on any atom is 0.115 e. The van der Waals surface area contributed by atoms with E-state index in [9.17, 15) is 10.2 Å². The number of rotatable bonds is 2. The normalized spacial score (nSPS) is 23.0. The van der Waals surface area contributed by atoms with Crippen molar-refractivity contribution in [1.82, 2.24) is 0 Å². The van der Waals surface area contributed by atoms with E-state index >= 15 is 0 Å². The van der Waals surface area contributed by atoms with Crippen LogP contribution in [0, 0.1) is 0 Å². The Hall–Kier alpha value is -1.73. The fraction of sp³-hybridized carbons (Fsp3) is 0.250. The maximum atomic E-state index is 9.65. The van der Waals surface area contributed by atoms with Gasteiger partial charge in [-0.2, -0.15) is 0 Å². The summed E-state index contributed by atoms with van der Waals surface area (Å²) < 4.78 is 0. The molecule has 2 aromatic carbocycles. The Labute approximate surface area is 133 Å². The predicted octanol–water partition coefficient (Wildman–Crippen LogP) is 1.21. The number of phenolic OH excluding ortho intramolecular Hbond substituents is 2. The molecule has 2 atom stereocenters. The molecule has 0 heterocycles. The third kappa shape index (κ3) is 2.66. The second-order valence-corrected chi connectivity index (χ2v) is 6.97. The molecule has 1 aliphatic rings. The summed E-state index contributed by atoms with van der Waals surface area (Å²) in [4.78, 5) is 0.997. The Balaban J connectivity index is 1.91. The lowest BCUT2D eigenvalue weighted by molar-refractivity contribution is 0.331. The molecule has 5 nitrogen and oxygen atoms in total. The standard InChI is InChI=1S/C16H19N3O2S/c17-15-14(22-12-5-3-10(20)4-6-12)7-9-1-2-11(21)8-13(9)16(15,18)19/h1-6,8,14-15,20-21H,7,17-19H2. The van der Waals surface area contributed by atoms with Gasteiger partial charge in [-0.1, -0.05) is 6.07 Å². The Morgan fingerprint density at radius 1 is 1.00 bits per heavy atom. The summed E-state index contributed by atoms with van der Waals surface area (Å²) in [6.07, 6.45) is 0.721. The van der Waals surface area contributed by atoms with Crippen LogP contribution in [0.25, 0.3) is 0 Å². The largest absolute Gasteiger partial charge is 0.508 e. The molecule has 0 spiro atoms. The molecule has 0 saturated carbocycles. The maximum absolute atomic E-state index is 9.65. The molecule has 8 N–H and O–H groups in total. The number of nitrogens with two attached hydrogens (primary N) is 3. The minimum absolute atomic E-state index is 0.0107. The predicted molar refractivity (Wildman–Crippen MR) is 87.6 cm³/mol. The molecular formula is C16H19N3O2S. The zero-order valence-electron chi connectivity index (χ0n) is 11.9. The highest BCUT2D eigenvalue weighted by Crippen LogP contribution is 2.39. The van der Waals surface area contributed by atoms with Gasteiger partial charge in [-0.05, 0) is 53.9 Å². The smallest absolute Gasteiger partial charge is 0.115 e. The van der Waals surface area contributed by atoms with Gasteiger partial charge in [0.25, 0.3) is 0 Å². The van der Waals surface area contributed by atoms with Gasteiger partial charge in [-0.15, -0.1) is 11.8 Å². The summed E-state index contributed by atoms with van der Waals surface area (Å²) in [5.41, 5.74) is 19.3. The van der Waals surface area contributed by atoms with Crippen LogP contribution in [0.2, 0.25) is 0 Å². The van der Waals surface area contributed by atoms with Crippen molar-refractivity contribution in [3.63, 3.8) is 0 Å². The lowest BCUT2D eigenvalue weighted by atomic mass is 9.80. The molecule has 6 heteroatoms. The number of phenols is 2. The molecule has 2 unspecified atom stereocenters. The lowest BCUT2D eigenvalue weighted by Crippen LogP contribution is -2.65. The van der Waals surface area contributed by atoms with E-state index in [4.69, 9.17) is 17.2 Å². The summed E-state index contributed by atoms with van der Waals surface area (Å²) in [5.74, 6) is 0.362. The van der Waals surface area contributed by atoms with Gasteiger partial charge in [0.05, 0.1) is 6.04 Å². The monoisotopic (exact) mass is 317 g/mol. The molecule has 0 fully saturated rings. The van der Waals surface area contributed by atoms with E-state index in [0.29, 0.717) is 5.56 Å². The van der Waals surface area contributed by atoms with Gasteiger partial charge in [0.1, 0.15) is 17.2 Å². The zero-order valence-corrected chi connectivity index (χ0v) is 12.8. The fourth-order valence-electron chi connectivity index (χ4n) is 2.79. The number of aromatic hydroxyl groups is 2. The van der Waals surface area contributed by atoms with E-state index in [1.807, 2.05) is 18.2 Å². The van der Waals surface area contributed by atoms with Crippen LogP contribution in [0.4, 0.5) is 0 Å². The molecule has 3 rings (SSSR count). The van der Waals surface area contributed by atoms with Crippen molar-refractivity contribution >= 4 is 11.8 Å². The first-order valence-corrected chi connectivity index (χ1v) is 7.87. The summed E-state index contributed by atoms with van der Waals surface area (Å²) in [7, 11) is 0. The van der Waals surface area contributed by atoms with Crippen LogP contribution < -0.4 is 17.2 Å². The van der Waals surface area contributed by atoms with E-state index in [0.717, 1.165) is 16.9 Å². The third-order valence-electron chi connectivity index (χ3n) is 4.06. The SMILES string of the molecule is NC1C(Sc2ccc(O)cc2)Cc2ccc(O)cc2C1(N)N. The number of hydrogen-bond acceptors (Lipinski definition) is 6. The summed E-state index contributed by atoms with van der Waals surface area (Å²) in [5, 5.41) is 19.0. The average molecular weight is 317 g/mol. The number of fused-ring (bicyclic) bond motifs is 1. The van der Waals surface area contributed by atoms with Gasteiger partial charge in [0.15, 0.2) is 0 Å². The van der Waals surface area contributed by atoms with E-state index < -0.39 is 11.7 Å². The summed E-state index contributed by atoms with van der Waals surface area (Å²) >= 11 is 1.59. The molecule has 0 aliphatic heterocycles. The number of hydrogen-bond donors (Lipinski definition) is 5. The molecule has 0 amide bonds. The second kappa shape index (κ2) is 5.48. The van der Waals surface area contributed by atoms with Gasteiger partial charge < -0.3 is 27.4 Å². The van der Waals surface area contributed by atoms with Gasteiger partial charge in [-0.25, -0.2) is 0 Å². The summed E-state index contributed by atoms with van der Waals surface area (Å²) in [6, 6.07) is 11.6. The van der Waals surface area contributed by atoms with Crippen molar-refractivity contribution in [2.45, 2.75) is 28.3 Å². The van der Waals surface area contributed by atoms with E-state index in [2.05, 4.69) is 0 Å². The van der Waals surface area contributed by atoms with Crippen LogP contribution in [0.3, 0.4) is 0 Å². The Morgan fingerprint density at radius 3 is 2.32 bits per heavy atom. The van der Waals surface area contributed by atoms with E-state index in [-0.39, 0.29) is 16.7 Å². The van der Waals surface area contributed by atoms with Crippen molar-refractivity contribution < 1.29 is 10.2 Å². The van der Waals surface area contributed by atoms with Crippen molar-refractivity contribution in [1.29, 1.82) is 0 Å². The molecular weight excluding hydrogens is 298 g/mol. The fourth-order valence-corrected chi connectivity index (χ4v) is 4.07. The van der Waals surface area contributed by atoms with E-state index in [1.165, 1.54) is 0 Å². The van der Waals surface area contributed by atoms with Crippen LogP contribution in [0.15, 0.2) is 47.4 Å². The highest BCUT2D eigenvalue weighted by atomic mass is 32.2. The lowest BCUT2D eigenvalue weighted by Gasteiger charge is -2.42. The molecule has 22 heavy (non-hydrogen) atoms. The first-order valence-electron chi connectivity index (χ1n) is 6.99. The third-order valence-corrected chi connectivity index (χ3v) is 5.36. The second-order valence-electron chi connectivity index (χ2n) is 5.65. The first-order chi connectivity index (χ1) is 10.4. The molecule has 0 bridgehead atoms. The topological polar surface area (TPSA) is 119 Å². The highest BCUT2D eigenvalue weighted by molar-refractivity contribution is 8.00. The quantitative estimate of drug-likeness (QED) is 0.531. The Morgan fingerprint density at radius 2 is 1.64 bits per heavy atom. The summed E-state index contributed by atoms with van der Waals surface area (Å²) in [6.45, 7) is 0. The Kier molecular flexibility index (Phi) is 3.78. The van der Waals surface area contributed by atoms with Crippen LogP contribution in [-0.4, -0.2) is 21.5 Å². The minimum atomic E-state index is -1.19. The van der Waals surface area contributed by atoms with Gasteiger partial charge >= 0.3 is 0 Å².